The molecule has 0 heterocycles. The van der Waals surface area contributed by atoms with Crippen LogP contribution in [-0.4, -0.2) is 43.0 Å². The fourth-order valence-corrected chi connectivity index (χ4v) is 3.96. The Morgan fingerprint density at radius 3 is 2.26 bits per heavy atom. The number of nitrogens with one attached hydrogen (secondary N) is 1. The summed E-state index contributed by atoms with van der Waals surface area (Å²) in [4.78, 5) is 28.2. The number of hydrogen-bond acceptors (Lipinski definition) is 4. The molecular weight excluding hydrogens is 487 g/mol. The Morgan fingerprint density at radius 2 is 1.60 bits per heavy atom. The summed E-state index contributed by atoms with van der Waals surface area (Å²) in [5, 5.41) is 3.65. The van der Waals surface area contributed by atoms with Crippen molar-refractivity contribution in [1.82, 2.24) is 10.2 Å². The predicted octanol–water partition coefficient (Wildman–Crippen LogP) is 5.16. The van der Waals surface area contributed by atoms with Crippen LogP contribution in [-0.2, 0) is 22.6 Å². The maximum Gasteiger partial charge on any atom is 0.261 e. The maximum atomic E-state index is 13.5. The van der Waals surface area contributed by atoms with E-state index in [0.717, 1.165) is 11.1 Å². The largest absolute Gasteiger partial charge is 0.493 e. The molecule has 6 nitrogen and oxygen atoms in total. The van der Waals surface area contributed by atoms with Gasteiger partial charge >= 0.3 is 0 Å². The van der Waals surface area contributed by atoms with Gasteiger partial charge in [0.1, 0.15) is 6.04 Å². The average Bonchev–Trinajstić information content (AvgIpc) is 2.87. The molecule has 0 aliphatic rings. The van der Waals surface area contributed by atoms with Gasteiger partial charge in [-0.2, -0.15) is 0 Å². The van der Waals surface area contributed by atoms with E-state index >= 15 is 0 Å². The van der Waals surface area contributed by atoms with Crippen LogP contribution in [0.2, 0.25) is 10.0 Å². The molecule has 35 heavy (non-hydrogen) atoms. The fraction of sp³-hybridized carbons (Fsp3) is 0.259. The van der Waals surface area contributed by atoms with E-state index < -0.39 is 6.04 Å². The molecule has 0 radical (unpaired) electrons. The molecule has 0 bridgehead atoms. The first-order valence-electron chi connectivity index (χ1n) is 11.2. The van der Waals surface area contributed by atoms with Gasteiger partial charge in [0, 0.05) is 19.5 Å². The molecular formula is C27H28Cl2N2O4. The van der Waals surface area contributed by atoms with Crippen molar-refractivity contribution in [2.75, 3.05) is 20.3 Å². The lowest BCUT2D eigenvalue weighted by atomic mass is 10.0. The Balaban J connectivity index is 1.92. The molecule has 8 heteroatoms. The molecule has 0 aliphatic carbocycles. The molecule has 1 atom stereocenters. The van der Waals surface area contributed by atoms with Crippen LogP contribution in [0.4, 0.5) is 0 Å². The van der Waals surface area contributed by atoms with Gasteiger partial charge in [-0.3, -0.25) is 9.59 Å². The van der Waals surface area contributed by atoms with Crippen LogP contribution in [0.3, 0.4) is 0 Å². The highest BCUT2D eigenvalue weighted by Gasteiger charge is 2.30. The van der Waals surface area contributed by atoms with Gasteiger partial charge in [-0.05, 0) is 42.3 Å². The standard InChI is InChI=1S/C27H28Cl2N2O4/c1-3-30-27(33)23(16-19-9-5-4-6-10-19)31(17-20-13-14-21(28)22(29)15-20)26(32)18-35-25-12-8-7-11-24(25)34-2/h4-15,23H,3,16-18H2,1-2H3,(H,30,33). The van der Waals surface area contributed by atoms with Gasteiger partial charge < -0.3 is 19.7 Å². The van der Waals surface area contributed by atoms with E-state index in [1.54, 1.807) is 36.4 Å². The highest BCUT2D eigenvalue weighted by Crippen LogP contribution is 2.27. The van der Waals surface area contributed by atoms with Crippen LogP contribution in [0.1, 0.15) is 18.1 Å². The molecule has 0 fully saturated rings. The first-order valence-corrected chi connectivity index (χ1v) is 12.0. The van der Waals surface area contributed by atoms with Crippen LogP contribution >= 0.6 is 23.2 Å². The molecule has 2 amide bonds. The summed E-state index contributed by atoms with van der Waals surface area (Å²) in [6, 6.07) is 21.0. The number of methoxy groups -OCH3 is 1. The number of hydrogen-bond donors (Lipinski definition) is 1. The fourth-order valence-electron chi connectivity index (χ4n) is 3.64. The number of para-hydroxylation sites is 2. The smallest absolute Gasteiger partial charge is 0.261 e. The topological polar surface area (TPSA) is 67.9 Å². The lowest BCUT2D eigenvalue weighted by molar-refractivity contribution is -0.142. The first-order chi connectivity index (χ1) is 16.9. The molecule has 3 rings (SSSR count). The van der Waals surface area contributed by atoms with Crippen molar-refractivity contribution in [3.63, 3.8) is 0 Å². The summed E-state index contributed by atoms with van der Waals surface area (Å²) in [6.07, 6.45) is 0.342. The Morgan fingerprint density at radius 1 is 0.914 bits per heavy atom. The first kappa shape index (κ1) is 26.4. The Hall–Kier alpha value is -3.22. The van der Waals surface area contributed by atoms with Crippen molar-refractivity contribution in [3.05, 3.63) is 94.0 Å². The van der Waals surface area contributed by atoms with E-state index in [9.17, 15) is 9.59 Å². The number of carbonyl (C=O) groups excluding carboxylic acids is 2. The van der Waals surface area contributed by atoms with Crippen molar-refractivity contribution in [2.45, 2.75) is 25.9 Å². The van der Waals surface area contributed by atoms with Crippen molar-refractivity contribution < 1.29 is 19.1 Å². The van der Waals surface area contributed by atoms with Crippen molar-refractivity contribution >= 4 is 35.0 Å². The van der Waals surface area contributed by atoms with Gasteiger partial charge in [0.25, 0.3) is 5.91 Å². The second-order valence-corrected chi connectivity index (χ2v) is 8.62. The molecule has 0 aliphatic heterocycles. The Kier molecular flexibility index (Phi) is 9.82. The highest BCUT2D eigenvalue weighted by molar-refractivity contribution is 6.42. The van der Waals surface area contributed by atoms with Crippen molar-refractivity contribution in [1.29, 1.82) is 0 Å². The van der Waals surface area contributed by atoms with Gasteiger partial charge in [-0.15, -0.1) is 0 Å². The number of rotatable bonds is 11. The normalized spacial score (nSPS) is 11.4. The summed E-state index contributed by atoms with van der Waals surface area (Å²) in [5.41, 5.74) is 1.67. The molecule has 3 aromatic carbocycles. The molecule has 0 saturated carbocycles. The number of halogens is 2. The molecule has 3 aromatic rings. The van der Waals surface area contributed by atoms with Crippen LogP contribution in [0.15, 0.2) is 72.8 Å². The number of benzene rings is 3. The van der Waals surface area contributed by atoms with Gasteiger partial charge in [-0.1, -0.05) is 71.7 Å². The number of likely N-dealkylation sites (N-methyl/N-ethyl adjacent to an activating group) is 1. The molecule has 0 spiro atoms. The molecule has 0 aromatic heterocycles. The van der Waals surface area contributed by atoms with E-state index in [0.29, 0.717) is 34.5 Å². The van der Waals surface area contributed by atoms with Crippen LogP contribution in [0.25, 0.3) is 0 Å². The Labute approximate surface area is 215 Å². The van der Waals surface area contributed by atoms with Gasteiger partial charge in [0.2, 0.25) is 5.91 Å². The minimum Gasteiger partial charge on any atom is -0.493 e. The molecule has 1 unspecified atom stereocenters. The highest BCUT2D eigenvalue weighted by atomic mass is 35.5. The van der Waals surface area contributed by atoms with E-state index in [-0.39, 0.29) is 25.0 Å². The number of ether oxygens (including phenoxy) is 2. The van der Waals surface area contributed by atoms with Crippen LogP contribution < -0.4 is 14.8 Å². The average molecular weight is 515 g/mol. The molecule has 184 valence electrons. The van der Waals surface area contributed by atoms with Crippen molar-refractivity contribution in [3.8, 4) is 11.5 Å². The number of amides is 2. The third kappa shape index (κ3) is 7.38. The summed E-state index contributed by atoms with van der Waals surface area (Å²) in [7, 11) is 1.53. The zero-order chi connectivity index (χ0) is 25.2. The van der Waals surface area contributed by atoms with E-state index in [1.807, 2.05) is 43.3 Å². The predicted molar refractivity (Wildman–Crippen MR) is 138 cm³/mol. The summed E-state index contributed by atoms with van der Waals surface area (Å²) in [5.74, 6) is 0.354. The van der Waals surface area contributed by atoms with Gasteiger partial charge in [-0.25, -0.2) is 0 Å². The van der Waals surface area contributed by atoms with E-state index in [2.05, 4.69) is 5.32 Å². The summed E-state index contributed by atoms with van der Waals surface area (Å²) >= 11 is 12.3. The third-order valence-corrected chi connectivity index (χ3v) is 6.12. The van der Waals surface area contributed by atoms with Gasteiger partial charge in [0.15, 0.2) is 18.1 Å². The van der Waals surface area contributed by atoms with Crippen molar-refractivity contribution in [2.24, 2.45) is 0 Å². The third-order valence-electron chi connectivity index (χ3n) is 5.38. The minimum absolute atomic E-state index is 0.152. The van der Waals surface area contributed by atoms with E-state index in [4.69, 9.17) is 32.7 Å². The van der Waals surface area contributed by atoms with Crippen LogP contribution in [0, 0.1) is 0 Å². The molecule has 1 N–H and O–H groups in total. The second-order valence-electron chi connectivity index (χ2n) is 7.81. The van der Waals surface area contributed by atoms with Gasteiger partial charge in [0.05, 0.1) is 17.2 Å². The second kappa shape index (κ2) is 13.0. The summed E-state index contributed by atoms with van der Waals surface area (Å²) < 4.78 is 11.1. The SMILES string of the molecule is CCNC(=O)C(Cc1ccccc1)N(Cc1ccc(Cl)c(Cl)c1)C(=O)COc1ccccc1OC. The monoisotopic (exact) mass is 514 g/mol. The Bertz CT molecular complexity index is 1140. The quantitative estimate of drug-likeness (QED) is 0.383. The zero-order valence-electron chi connectivity index (χ0n) is 19.7. The minimum atomic E-state index is -0.763. The molecule has 0 saturated heterocycles. The number of carbonyl (C=O) groups is 2. The lowest BCUT2D eigenvalue weighted by Gasteiger charge is -2.31. The maximum absolute atomic E-state index is 13.5. The lowest BCUT2D eigenvalue weighted by Crippen LogP contribution is -2.51. The van der Waals surface area contributed by atoms with Crippen LogP contribution in [0.5, 0.6) is 11.5 Å². The summed E-state index contributed by atoms with van der Waals surface area (Å²) in [6.45, 7) is 2.16. The number of nitrogens with zero attached hydrogens (tertiary/aromatic N) is 1. The zero-order valence-corrected chi connectivity index (χ0v) is 21.2. The van der Waals surface area contributed by atoms with E-state index in [1.165, 1.54) is 12.0 Å².